The summed E-state index contributed by atoms with van der Waals surface area (Å²) in [7, 11) is 4.37. The molecule has 0 bridgehead atoms. The van der Waals surface area contributed by atoms with Crippen molar-refractivity contribution in [3.8, 4) is 5.75 Å². The van der Waals surface area contributed by atoms with Gasteiger partial charge in [-0.05, 0) is 18.2 Å². The molecule has 0 saturated carbocycles. The van der Waals surface area contributed by atoms with Gasteiger partial charge in [-0.3, -0.25) is 29.6 Å². The Morgan fingerprint density at radius 1 is 1.14 bits per heavy atom. The number of rotatable bonds is 4. The van der Waals surface area contributed by atoms with Crippen LogP contribution in [-0.4, -0.2) is 22.2 Å². The fraction of sp³-hybridized carbons (Fsp3) is 0.214. The number of carbonyl (C=O) groups excluding carboxylic acids is 1. The van der Waals surface area contributed by atoms with E-state index in [0.717, 1.165) is 4.57 Å². The number of aromatic nitrogens is 2. The number of carbonyl (C=O) groups is 1. The fourth-order valence-corrected chi connectivity index (χ4v) is 1.81. The molecule has 1 amide bonds. The normalized spacial score (nSPS) is 10.1. The molecule has 0 unspecified atom stereocenters. The lowest BCUT2D eigenvalue weighted by atomic mass is 10.2. The third-order valence-electron chi connectivity index (χ3n) is 3.16. The van der Waals surface area contributed by atoms with E-state index in [4.69, 9.17) is 4.74 Å². The van der Waals surface area contributed by atoms with E-state index in [9.17, 15) is 14.4 Å². The molecule has 0 aliphatic carbocycles. The molecule has 0 saturated heterocycles. The minimum atomic E-state index is -0.495. The van der Waals surface area contributed by atoms with E-state index in [-0.39, 0.29) is 5.82 Å². The van der Waals surface area contributed by atoms with Crippen LogP contribution in [0.2, 0.25) is 0 Å². The maximum Gasteiger partial charge on any atom is 0.332 e. The molecule has 0 aliphatic rings. The van der Waals surface area contributed by atoms with Crippen molar-refractivity contribution in [3.63, 3.8) is 0 Å². The second-order valence-electron chi connectivity index (χ2n) is 4.58. The second kappa shape index (κ2) is 6.17. The predicted octanol–water partition coefficient (Wildman–Crippen LogP) is -0.151. The maximum atomic E-state index is 12.0. The molecule has 0 fully saturated rings. The third-order valence-corrected chi connectivity index (χ3v) is 3.16. The van der Waals surface area contributed by atoms with Crippen molar-refractivity contribution in [1.29, 1.82) is 0 Å². The summed E-state index contributed by atoms with van der Waals surface area (Å²) in [6.07, 6.45) is 0. The number of methoxy groups -OCH3 is 1. The Hall–Kier alpha value is -3.03. The first kappa shape index (κ1) is 15.4. The smallest absolute Gasteiger partial charge is 0.332 e. The zero-order valence-corrected chi connectivity index (χ0v) is 12.4. The van der Waals surface area contributed by atoms with E-state index in [1.54, 1.807) is 24.3 Å². The van der Waals surface area contributed by atoms with Gasteiger partial charge in [0.25, 0.3) is 11.5 Å². The van der Waals surface area contributed by atoms with Crippen LogP contribution >= 0.6 is 0 Å². The molecule has 8 nitrogen and oxygen atoms in total. The minimum absolute atomic E-state index is 0.185. The van der Waals surface area contributed by atoms with Crippen LogP contribution in [0.4, 0.5) is 5.82 Å². The van der Waals surface area contributed by atoms with Gasteiger partial charge in [-0.15, -0.1) is 0 Å². The van der Waals surface area contributed by atoms with E-state index >= 15 is 0 Å². The zero-order valence-electron chi connectivity index (χ0n) is 12.4. The highest BCUT2D eigenvalue weighted by Crippen LogP contribution is 2.12. The van der Waals surface area contributed by atoms with Crippen molar-refractivity contribution in [2.24, 2.45) is 14.1 Å². The standard InChI is InChI=1S/C14H16N4O4/c1-17-11(8-12(19)18(2)14(17)21)15-16-13(20)9-5-4-6-10(7-9)22-3/h4-8,15H,1-3H3,(H,16,20). The van der Waals surface area contributed by atoms with E-state index in [1.165, 1.54) is 31.8 Å². The van der Waals surface area contributed by atoms with Gasteiger partial charge in [0.15, 0.2) is 0 Å². The highest BCUT2D eigenvalue weighted by atomic mass is 16.5. The van der Waals surface area contributed by atoms with Crippen molar-refractivity contribution in [2.45, 2.75) is 0 Å². The Morgan fingerprint density at radius 2 is 1.86 bits per heavy atom. The molecule has 116 valence electrons. The number of hydrazine groups is 1. The summed E-state index contributed by atoms with van der Waals surface area (Å²) in [6.45, 7) is 0. The van der Waals surface area contributed by atoms with Gasteiger partial charge in [-0.1, -0.05) is 6.07 Å². The molecule has 0 spiro atoms. The van der Waals surface area contributed by atoms with Crippen LogP contribution in [0.25, 0.3) is 0 Å². The van der Waals surface area contributed by atoms with Crippen molar-refractivity contribution < 1.29 is 9.53 Å². The van der Waals surface area contributed by atoms with Crippen LogP contribution in [0, 0.1) is 0 Å². The quantitative estimate of drug-likeness (QED) is 0.766. The van der Waals surface area contributed by atoms with Crippen LogP contribution in [0.1, 0.15) is 10.4 Å². The summed E-state index contributed by atoms with van der Waals surface area (Å²) in [5.74, 6) is 0.310. The molecule has 1 heterocycles. The number of amides is 1. The Kier molecular flexibility index (Phi) is 4.31. The molecule has 8 heteroatoms. The van der Waals surface area contributed by atoms with Gasteiger partial charge in [0.05, 0.1) is 7.11 Å². The van der Waals surface area contributed by atoms with E-state index in [1.807, 2.05) is 0 Å². The van der Waals surface area contributed by atoms with Crippen molar-refractivity contribution >= 4 is 11.7 Å². The molecular weight excluding hydrogens is 288 g/mol. The lowest BCUT2D eigenvalue weighted by Crippen LogP contribution is -2.40. The molecule has 1 aromatic heterocycles. The highest BCUT2D eigenvalue weighted by molar-refractivity contribution is 5.95. The number of ether oxygens (including phenoxy) is 1. The topological polar surface area (TPSA) is 94.4 Å². The molecule has 0 radical (unpaired) electrons. The number of anilines is 1. The minimum Gasteiger partial charge on any atom is -0.497 e. The van der Waals surface area contributed by atoms with Gasteiger partial charge in [-0.25, -0.2) is 4.79 Å². The molecule has 1 aromatic carbocycles. The monoisotopic (exact) mass is 304 g/mol. The predicted molar refractivity (Wildman–Crippen MR) is 81.0 cm³/mol. The second-order valence-corrected chi connectivity index (χ2v) is 4.58. The van der Waals surface area contributed by atoms with Gasteiger partial charge >= 0.3 is 5.69 Å². The average Bonchev–Trinajstić information content (AvgIpc) is 2.54. The molecule has 22 heavy (non-hydrogen) atoms. The fourth-order valence-electron chi connectivity index (χ4n) is 1.81. The Balaban J connectivity index is 2.18. The van der Waals surface area contributed by atoms with E-state index in [0.29, 0.717) is 11.3 Å². The summed E-state index contributed by atoms with van der Waals surface area (Å²) in [5, 5.41) is 0. The first-order valence-electron chi connectivity index (χ1n) is 6.41. The summed E-state index contributed by atoms with van der Waals surface area (Å²) < 4.78 is 7.22. The van der Waals surface area contributed by atoms with Gasteiger partial charge in [0, 0.05) is 25.7 Å². The number of hydrogen-bond donors (Lipinski definition) is 2. The summed E-state index contributed by atoms with van der Waals surface area (Å²) >= 11 is 0. The summed E-state index contributed by atoms with van der Waals surface area (Å²) in [5.41, 5.74) is 4.41. The van der Waals surface area contributed by atoms with Crippen molar-refractivity contribution in [2.75, 3.05) is 12.5 Å². The van der Waals surface area contributed by atoms with Gasteiger partial charge in [0.2, 0.25) is 0 Å². The lowest BCUT2D eigenvalue weighted by Gasteiger charge is -2.12. The first-order chi connectivity index (χ1) is 10.4. The van der Waals surface area contributed by atoms with Crippen molar-refractivity contribution in [3.05, 3.63) is 56.7 Å². The average molecular weight is 304 g/mol. The van der Waals surface area contributed by atoms with Gasteiger partial charge in [-0.2, -0.15) is 0 Å². The molecule has 2 N–H and O–H groups in total. The molecular formula is C14H16N4O4. The Bertz CT molecular complexity index is 822. The summed E-state index contributed by atoms with van der Waals surface area (Å²) in [4.78, 5) is 35.4. The van der Waals surface area contributed by atoms with Crippen molar-refractivity contribution in [1.82, 2.24) is 14.6 Å². The Morgan fingerprint density at radius 3 is 2.55 bits per heavy atom. The van der Waals surface area contributed by atoms with Crippen LogP contribution in [0.5, 0.6) is 5.75 Å². The highest BCUT2D eigenvalue weighted by Gasteiger charge is 2.09. The zero-order chi connectivity index (χ0) is 16.3. The number of nitrogens with one attached hydrogen (secondary N) is 2. The maximum absolute atomic E-state index is 12.0. The van der Waals surface area contributed by atoms with Crippen LogP contribution in [0.15, 0.2) is 39.9 Å². The molecule has 2 rings (SSSR count). The van der Waals surface area contributed by atoms with E-state index in [2.05, 4.69) is 10.9 Å². The van der Waals surface area contributed by atoms with Gasteiger partial charge in [0.1, 0.15) is 11.6 Å². The molecule has 0 aliphatic heterocycles. The number of hydrogen-bond acceptors (Lipinski definition) is 5. The van der Waals surface area contributed by atoms with Crippen LogP contribution in [-0.2, 0) is 14.1 Å². The lowest BCUT2D eigenvalue weighted by molar-refractivity contribution is 0.0962. The van der Waals surface area contributed by atoms with E-state index < -0.39 is 17.2 Å². The van der Waals surface area contributed by atoms with Crippen LogP contribution < -0.4 is 26.8 Å². The Labute approximate surface area is 125 Å². The third kappa shape index (κ3) is 3.00. The SMILES string of the molecule is COc1cccc(C(=O)NNc2cc(=O)n(C)c(=O)n2C)c1. The summed E-state index contributed by atoms with van der Waals surface area (Å²) in [6, 6.07) is 7.80. The molecule has 2 aromatic rings. The first-order valence-corrected chi connectivity index (χ1v) is 6.41. The van der Waals surface area contributed by atoms with Gasteiger partial charge < -0.3 is 4.74 Å². The number of benzene rings is 1. The number of nitrogens with zero attached hydrogens (tertiary/aromatic N) is 2. The largest absolute Gasteiger partial charge is 0.497 e. The van der Waals surface area contributed by atoms with Crippen LogP contribution in [0.3, 0.4) is 0 Å². The molecule has 0 atom stereocenters.